The number of aliphatic hydroxyl groups is 1. The lowest BCUT2D eigenvalue weighted by molar-refractivity contribution is -0.159. The standard InChI is InChI=1S/C16H20BrFO3/c17-14-12(2-1-3-13(14)18)15(19)11-4-7-21-16(10-11)5-8-20-9-6-16/h1-3,11,15,19H,4-10H2. The summed E-state index contributed by atoms with van der Waals surface area (Å²) in [4.78, 5) is 0. The van der Waals surface area contributed by atoms with E-state index >= 15 is 0 Å². The van der Waals surface area contributed by atoms with Crippen LogP contribution in [0.25, 0.3) is 0 Å². The van der Waals surface area contributed by atoms with Crippen LogP contribution in [-0.2, 0) is 9.47 Å². The molecular weight excluding hydrogens is 339 g/mol. The zero-order valence-corrected chi connectivity index (χ0v) is 13.4. The average Bonchev–Trinajstić information content (AvgIpc) is 2.50. The lowest BCUT2D eigenvalue weighted by Gasteiger charge is -2.44. The Balaban J connectivity index is 1.78. The minimum Gasteiger partial charge on any atom is -0.388 e. The van der Waals surface area contributed by atoms with Crippen LogP contribution in [-0.4, -0.2) is 30.5 Å². The van der Waals surface area contributed by atoms with Crippen molar-refractivity contribution in [3.8, 4) is 0 Å². The molecule has 116 valence electrons. The van der Waals surface area contributed by atoms with E-state index in [1.165, 1.54) is 6.07 Å². The van der Waals surface area contributed by atoms with Gasteiger partial charge in [0.1, 0.15) is 5.82 Å². The molecule has 1 N–H and O–H groups in total. The van der Waals surface area contributed by atoms with Crippen molar-refractivity contribution < 1.29 is 19.0 Å². The number of aliphatic hydroxyl groups excluding tert-OH is 1. The van der Waals surface area contributed by atoms with Crippen molar-refractivity contribution in [1.29, 1.82) is 0 Å². The highest BCUT2D eigenvalue weighted by Gasteiger charge is 2.41. The van der Waals surface area contributed by atoms with E-state index in [2.05, 4.69) is 15.9 Å². The van der Waals surface area contributed by atoms with Gasteiger partial charge in [0.15, 0.2) is 0 Å². The fraction of sp³-hybridized carbons (Fsp3) is 0.625. The molecule has 0 aromatic heterocycles. The van der Waals surface area contributed by atoms with Gasteiger partial charge >= 0.3 is 0 Å². The Labute approximate surface area is 132 Å². The summed E-state index contributed by atoms with van der Waals surface area (Å²) >= 11 is 3.25. The Morgan fingerprint density at radius 1 is 1.29 bits per heavy atom. The van der Waals surface area contributed by atoms with Crippen molar-refractivity contribution in [2.75, 3.05) is 19.8 Å². The van der Waals surface area contributed by atoms with Crippen molar-refractivity contribution in [2.45, 2.75) is 37.4 Å². The zero-order chi connectivity index (χ0) is 14.9. The molecule has 2 atom stereocenters. The molecule has 3 nitrogen and oxygen atoms in total. The highest BCUT2D eigenvalue weighted by Crippen LogP contribution is 2.43. The van der Waals surface area contributed by atoms with E-state index in [1.54, 1.807) is 12.1 Å². The molecule has 2 heterocycles. The van der Waals surface area contributed by atoms with Gasteiger partial charge in [0.2, 0.25) is 0 Å². The molecule has 2 aliphatic heterocycles. The first-order valence-electron chi connectivity index (χ1n) is 7.45. The molecule has 3 rings (SSSR count). The van der Waals surface area contributed by atoms with Crippen LogP contribution in [0.2, 0.25) is 0 Å². The van der Waals surface area contributed by atoms with Crippen LogP contribution in [0.1, 0.15) is 37.4 Å². The minimum absolute atomic E-state index is 0.0925. The normalized spacial score (nSPS) is 26.7. The van der Waals surface area contributed by atoms with E-state index in [4.69, 9.17) is 9.47 Å². The number of hydrogen-bond acceptors (Lipinski definition) is 3. The second kappa shape index (κ2) is 6.32. The second-order valence-electron chi connectivity index (χ2n) is 5.98. The Bertz CT molecular complexity index is 497. The topological polar surface area (TPSA) is 38.7 Å². The number of ether oxygens (including phenoxy) is 2. The molecule has 0 amide bonds. The van der Waals surface area contributed by atoms with E-state index in [1.807, 2.05) is 0 Å². The number of rotatable bonds is 2. The zero-order valence-electron chi connectivity index (χ0n) is 11.9. The maximum Gasteiger partial charge on any atom is 0.137 e. The van der Waals surface area contributed by atoms with E-state index < -0.39 is 6.10 Å². The van der Waals surface area contributed by atoms with Crippen LogP contribution in [0, 0.1) is 11.7 Å². The van der Waals surface area contributed by atoms with Gasteiger partial charge in [-0.05, 0) is 59.2 Å². The first-order valence-corrected chi connectivity index (χ1v) is 8.24. The lowest BCUT2D eigenvalue weighted by atomic mass is 9.77. The van der Waals surface area contributed by atoms with Crippen molar-refractivity contribution in [1.82, 2.24) is 0 Å². The molecule has 2 saturated heterocycles. The quantitative estimate of drug-likeness (QED) is 0.877. The van der Waals surface area contributed by atoms with Gasteiger partial charge in [-0.25, -0.2) is 4.39 Å². The van der Waals surface area contributed by atoms with E-state index in [0.29, 0.717) is 29.9 Å². The van der Waals surface area contributed by atoms with E-state index in [9.17, 15) is 9.50 Å². The summed E-state index contributed by atoms with van der Waals surface area (Å²) < 4.78 is 25.4. The van der Waals surface area contributed by atoms with Crippen LogP contribution >= 0.6 is 15.9 Å². The van der Waals surface area contributed by atoms with Crippen LogP contribution in [0.3, 0.4) is 0 Å². The first-order chi connectivity index (χ1) is 10.1. The third-order valence-electron chi connectivity index (χ3n) is 4.68. The third-order valence-corrected chi connectivity index (χ3v) is 5.52. The molecule has 1 spiro atoms. The molecule has 21 heavy (non-hydrogen) atoms. The van der Waals surface area contributed by atoms with Crippen LogP contribution in [0.5, 0.6) is 0 Å². The molecule has 1 aromatic rings. The average molecular weight is 359 g/mol. The predicted octanol–water partition coefficient (Wildman–Crippen LogP) is 3.60. The summed E-state index contributed by atoms with van der Waals surface area (Å²) in [5.74, 6) is -0.241. The largest absolute Gasteiger partial charge is 0.388 e. The van der Waals surface area contributed by atoms with Gasteiger partial charge in [-0.2, -0.15) is 0 Å². The van der Waals surface area contributed by atoms with Gasteiger partial charge in [0.05, 0.1) is 16.2 Å². The predicted molar refractivity (Wildman–Crippen MR) is 80.5 cm³/mol. The highest BCUT2D eigenvalue weighted by molar-refractivity contribution is 9.10. The SMILES string of the molecule is OC(c1cccc(F)c1Br)C1CCOC2(CCOCC2)C1. The maximum absolute atomic E-state index is 13.7. The first kappa shape index (κ1) is 15.4. The summed E-state index contributed by atoms with van der Waals surface area (Å²) in [6, 6.07) is 4.82. The van der Waals surface area contributed by atoms with Crippen molar-refractivity contribution in [3.05, 3.63) is 34.1 Å². The molecule has 0 saturated carbocycles. The van der Waals surface area contributed by atoms with Crippen molar-refractivity contribution in [2.24, 2.45) is 5.92 Å². The van der Waals surface area contributed by atoms with Gasteiger partial charge < -0.3 is 14.6 Å². The van der Waals surface area contributed by atoms with Crippen LogP contribution < -0.4 is 0 Å². The van der Waals surface area contributed by atoms with Gasteiger partial charge in [0, 0.05) is 19.8 Å². The molecular formula is C16H20BrFO3. The molecule has 2 unspecified atom stereocenters. The highest BCUT2D eigenvalue weighted by atomic mass is 79.9. The Kier molecular flexibility index (Phi) is 4.64. The van der Waals surface area contributed by atoms with E-state index in [0.717, 1.165) is 25.7 Å². The smallest absolute Gasteiger partial charge is 0.137 e. The Morgan fingerprint density at radius 2 is 2.05 bits per heavy atom. The molecule has 0 aliphatic carbocycles. The molecule has 0 bridgehead atoms. The van der Waals surface area contributed by atoms with Crippen LogP contribution in [0.15, 0.2) is 22.7 Å². The number of benzene rings is 1. The maximum atomic E-state index is 13.7. The summed E-state index contributed by atoms with van der Waals surface area (Å²) in [6.07, 6.45) is 2.69. The summed E-state index contributed by atoms with van der Waals surface area (Å²) in [5, 5.41) is 10.7. The second-order valence-corrected chi connectivity index (χ2v) is 6.78. The molecule has 5 heteroatoms. The van der Waals surface area contributed by atoms with Crippen LogP contribution in [0.4, 0.5) is 4.39 Å². The summed E-state index contributed by atoms with van der Waals surface area (Å²) in [7, 11) is 0. The van der Waals surface area contributed by atoms with Gasteiger partial charge in [0.25, 0.3) is 0 Å². The minimum atomic E-state index is -0.668. The van der Waals surface area contributed by atoms with Crippen molar-refractivity contribution in [3.63, 3.8) is 0 Å². The Morgan fingerprint density at radius 3 is 2.81 bits per heavy atom. The Hall–Kier alpha value is -0.490. The fourth-order valence-corrected chi connectivity index (χ4v) is 3.93. The number of hydrogen-bond donors (Lipinski definition) is 1. The van der Waals surface area contributed by atoms with E-state index in [-0.39, 0.29) is 17.3 Å². The van der Waals surface area contributed by atoms with Gasteiger partial charge in [-0.3, -0.25) is 0 Å². The molecule has 0 radical (unpaired) electrons. The molecule has 2 fully saturated rings. The van der Waals surface area contributed by atoms with Gasteiger partial charge in [-0.1, -0.05) is 12.1 Å². The third kappa shape index (κ3) is 3.16. The fourth-order valence-electron chi connectivity index (χ4n) is 3.43. The number of halogens is 2. The van der Waals surface area contributed by atoms with Gasteiger partial charge in [-0.15, -0.1) is 0 Å². The monoisotopic (exact) mass is 358 g/mol. The van der Waals surface area contributed by atoms with Crippen molar-refractivity contribution >= 4 is 15.9 Å². The summed E-state index contributed by atoms with van der Waals surface area (Å²) in [5.41, 5.74) is 0.464. The summed E-state index contributed by atoms with van der Waals surface area (Å²) in [6.45, 7) is 2.08. The molecule has 1 aromatic carbocycles. The lowest BCUT2D eigenvalue weighted by Crippen LogP contribution is -2.45. The molecule has 2 aliphatic rings.